The minimum atomic E-state index is -3.35. The molecule has 3 aliphatic rings. The van der Waals surface area contributed by atoms with E-state index >= 15 is 0 Å². The zero-order valence-corrected chi connectivity index (χ0v) is 13.3. The first-order valence-electron chi connectivity index (χ1n) is 7.63. The highest BCUT2D eigenvalue weighted by Gasteiger charge is 2.60. The maximum atomic E-state index is 13.8. The molecule has 0 N–H and O–H groups in total. The summed E-state index contributed by atoms with van der Waals surface area (Å²) in [6, 6.07) is 1.73. The lowest BCUT2D eigenvalue weighted by molar-refractivity contribution is -0.171. The first-order chi connectivity index (χ1) is 10.8. The highest BCUT2D eigenvalue weighted by molar-refractivity contribution is 7.92. The fourth-order valence-corrected chi connectivity index (χ4v) is 5.16. The zero-order valence-electron chi connectivity index (χ0n) is 12.5. The Morgan fingerprint density at radius 1 is 1.39 bits per heavy atom. The molecule has 9 heteroatoms. The van der Waals surface area contributed by atoms with Gasteiger partial charge < -0.3 is 9.64 Å². The van der Waals surface area contributed by atoms with Crippen LogP contribution in [0, 0.1) is 0 Å². The van der Waals surface area contributed by atoms with Gasteiger partial charge in [-0.1, -0.05) is 0 Å². The van der Waals surface area contributed by atoms with Crippen molar-refractivity contribution in [1.29, 1.82) is 0 Å². The summed E-state index contributed by atoms with van der Waals surface area (Å²) in [6.45, 7) is 0.642. The van der Waals surface area contributed by atoms with Crippen LogP contribution < -0.4 is 0 Å². The molecule has 23 heavy (non-hydrogen) atoms. The van der Waals surface area contributed by atoms with Gasteiger partial charge in [0.25, 0.3) is 5.91 Å². The number of ether oxygens (including phenoxy) is 1. The van der Waals surface area contributed by atoms with Gasteiger partial charge in [0.15, 0.2) is 15.5 Å². The molecule has 2 aliphatic heterocycles. The predicted octanol–water partition coefficient (Wildman–Crippen LogP) is -0.220. The Morgan fingerprint density at radius 3 is 2.70 bits per heavy atom. The average molecular weight is 343 g/mol. The van der Waals surface area contributed by atoms with Crippen molar-refractivity contribution in [1.82, 2.24) is 14.7 Å². The number of carbonyl (C=O) groups excluding carboxylic acids is 1. The number of likely N-dealkylation sites (tertiary alicyclic amines) is 1. The third kappa shape index (κ3) is 2.55. The van der Waals surface area contributed by atoms with Gasteiger partial charge >= 0.3 is 0 Å². The van der Waals surface area contributed by atoms with E-state index in [4.69, 9.17) is 4.74 Å². The summed E-state index contributed by atoms with van der Waals surface area (Å²) in [7, 11) is -3.35. The van der Waals surface area contributed by atoms with Gasteiger partial charge in [0.2, 0.25) is 0 Å². The van der Waals surface area contributed by atoms with Crippen LogP contribution in [0.3, 0.4) is 0 Å². The van der Waals surface area contributed by atoms with Crippen LogP contribution in [0.1, 0.15) is 12.8 Å². The Labute approximate surface area is 133 Å². The maximum absolute atomic E-state index is 13.8. The van der Waals surface area contributed by atoms with Crippen LogP contribution in [0.2, 0.25) is 0 Å². The van der Waals surface area contributed by atoms with Crippen molar-refractivity contribution < 1.29 is 22.3 Å². The van der Waals surface area contributed by atoms with E-state index in [-0.39, 0.29) is 44.8 Å². The van der Waals surface area contributed by atoms with E-state index < -0.39 is 32.3 Å². The van der Waals surface area contributed by atoms with Crippen molar-refractivity contribution in [3.05, 3.63) is 18.5 Å². The Morgan fingerprint density at radius 2 is 2.13 bits per heavy atom. The molecular weight excluding hydrogens is 325 g/mol. The molecule has 1 saturated carbocycles. The minimum absolute atomic E-state index is 0.0744. The lowest BCUT2D eigenvalue weighted by atomic mass is 9.95. The molecule has 2 saturated heterocycles. The van der Waals surface area contributed by atoms with Crippen molar-refractivity contribution in [2.75, 3.05) is 25.4 Å². The number of rotatable bonds is 3. The summed E-state index contributed by atoms with van der Waals surface area (Å²) in [5.74, 6) is -0.655. The fraction of sp³-hybridized carbons (Fsp3) is 0.714. The number of hydrogen-bond acceptors (Lipinski definition) is 5. The largest absolute Gasteiger partial charge is 0.369 e. The zero-order chi connectivity index (χ0) is 16.3. The van der Waals surface area contributed by atoms with Crippen LogP contribution in [0.25, 0.3) is 0 Å². The lowest BCUT2D eigenvalue weighted by Crippen LogP contribution is -2.71. The molecule has 7 nitrogen and oxygen atoms in total. The number of nitrogens with zero attached hydrogens (tertiary/aromatic N) is 3. The van der Waals surface area contributed by atoms with Crippen LogP contribution in [0.4, 0.5) is 4.39 Å². The summed E-state index contributed by atoms with van der Waals surface area (Å²) in [4.78, 5) is 13.3. The monoisotopic (exact) mass is 343 g/mol. The number of aromatic nitrogens is 2. The van der Waals surface area contributed by atoms with E-state index in [9.17, 15) is 17.6 Å². The van der Waals surface area contributed by atoms with Crippen LogP contribution in [-0.2, 0) is 25.9 Å². The van der Waals surface area contributed by atoms with Crippen LogP contribution in [-0.4, -0.2) is 71.0 Å². The normalized spacial score (nSPS) is 30.0. The van der Waals surface area contributed by atoms with Gasteiger partial charge in [-0.3, -0.25) is 9.48 Å². The molecule has 1 aromatic heterocycles. The van der Waals surface area contributed by atoms with Crippen LogP contribution in [0.15, 0.2) is 18.5 Å². The van der Waals surface area contributed by atoms with E-state index in [1.165, 1.54) is 4.90 Å². The SMILES string of the molecule is O=C(N1CC2(C1)CS(=O)(=O)[C@@H](Cn1cccn1)CO2)C1(F)CC1. The van der Waals surface area contributed by atoms with Crippen molar-refractivity contribution in [2.45, 2.75) is 35.9 Å². The van der Waals surface area contributed by atoms with Crippen molar-refractivity contribution in [2.24, 2.45) is 0 Å². The maximum Gasteiger partial charge on any atom is 0.260 e. The first kappa shape index (κ1) is 15.1. The standard InChI is InChI=1S/C14H18FN3O4S/c15-14(2-3-14)12(19)17-8-13(9-17)10-23(20,21)11(7-22-13)6-18-5-1-4-16-18/h1,4-5,11H,2-3,6-10H2/t11-/m0/s1. The Hall–Kier alpha value is -1.48. The molecule has 4 rings (SSSR count). The smallest absolute Gasteiger partial charge is 0.260 e. The number of alkyl halides is 1. The van der Waals surface area contributed by atoms with Gasteiger partial charge in [-0.15, -0.1) is 0 Å². The molecule has 0 unspecified atom stereocenters. The van der Waals surface area contributed by atoms with Crippen LogP contribution in [0.5, 0.6) is 0 Å². The quantitative estimate of drug-likeness (QED) is 0.758. The molecular formula is C14H18FN3O4S. The van der Waals surface area contributed by atoms with Gasteiger partial charge in [0, 0.05) is 12.4 Å². The molecule has 1 aromatic rings. The van der Waals surface area contributed by atoms with E-state index in [0.717, 1.165) is 0 Å². The van der Waals surface area contributed by atoms with Gasteiger partial charge in [-0.05, 0) is 18.9 Å². The molecule has 3 heterocycles. The minimum Gasteiger partial charge on any atom is -0.369 e. The predicted molar refractivity (Wildman–Crippen MR) is 78.1 cm³/mol. The van der Waals surface area contributed by atoms with Gasteiger partial charge in [0.1, 0.15) is 10.9 Å². The highest BCUT2D eigenvalue weighted by atomic mass is 32.2. The van der Waals surface area contributed by atoms with Gasteiger partial charge in [-0.2, -0.15) is 5.10 Å². The summed E-state index contributed by atoms with van der Waals surface area (Å²) in [5, 5.41) is 3.37. The Balaban J connectivity index is 1.40. The molecule has 0 radical (unpaired) electrons. The number of hydrogen-bond donors (Lipinski definition) is 0. The number of halogens is 1. The highest BCUT2D eigenvalue weighted by Crippen LogP contribution is 2.44. The van der Waals surface area contributed by atoms with Crippen molar-refractivity contribution in [3.63, 3.8) is 0 Å². The molecule has 0 bridgehead atoms. The molecule has 3 fully saturated rings. The summed E-state index contributed by atoms with van der Waals surface area (Å²) in [6.07, 6.45) is 3.83. The second kappa shape index (κ2) is 4.76. The van der Waals surface area contributed by atoms with E-state index in [1.54, 1.807) is 23.1 Å². The summed E-state index contributed by atoms with van der Waals surface area (Å²) >= 11 is 0. The Bertz CT molecular complexity index is 723. The van der Waals surface area contributed by atoms with Gasteiger partial charge in [0.05, 0.1) is 32.0 Å². The van der Waals surface area contributed by atoms with E-state index in [0.29, 0.717) is 0 Å². The number of amides is 1. The first-order valence-corrected chi connectivity index (χ1v) is 9.35. The van der Waals surface area contributed by atoms with Crippen molar-refractivity contribution >= 4 is 15.7 Å². The molecule has 126 valence electrons. The summed E-state index contributed by atoms with van der Waals surface area (Å²) in [5.41, 5.74) is -2.57. The molecule has 1 aliphatic carbocycles. The number of sulfone groups is 1. The lowest BCUT2D eigenvalue weighted by Gasteiger charge is -2.52. The fourth-order valence-electron chi connectivity index (χ4n) is 3.27. The Kier molecular flexibility index (Phi) is 3.12. The molecule has 1 amide bonds. The van der Waals surface area contributed by atoms with Crippen LogP contribution >= 0.6 is 0 Å². The van der Waals surface area contributed by atoms with E-state index in [1.807, 2.05) is 0 Å². The van der Waals surface area contributed by atoms with E-state index in [2.05, 4.69) is 5.10 Å². The third-order valence-corrected chi connectivity index (χ3v) is 7.04. The van der Waals surface area contributed by atoms with Gasteiger partial charge in [-0.25, -0.2) is 12.8 Å². The molecule has 1 atom stereocenters. The second-order valence-electron chi connectivity index (χ2n) is 6.78. The summed E-state index contributed by atoms with van der Waals surface area (Å²) < 4.78 is 46.1. The second-order valence-corrected chi connectivity index (χ2v) is 9.06. The molecule has 0 aromatic carbocycles. The molecule has 1 spiro atoms. The van der Waals surface area contributed by atoms with Crippen molar-refractivity contribution in [3.8, 4) is 0 Å². The number of carbonyl (C=O) groups is 1. The third-order valence-electron chi connectivity index (χ3n) is 4.81. The average Bonchev–Trinajstić information content (AvgIpc) is 2.99. The topological polar surface area (TPSA) is 81.5 Å².